The van der Waals surface area contributed by atoms with Gasteiger partial charge < -0.3 is 14.8 Å². The van der Waals surface area contributed by atoms with Gasteiger partial charge in [0.15, 0.2) is 0 Å². The van der Waals surface area contributed by atoms with E-state index < -0.39 is 16.6 Å². The minimum Gasteiger partial charge on any atom is -0.496 e. The maximum absolute atomic E-state index is 12.7. The summed E-state index contributed by atoms with van der Waals surface area (Å²) in [6.45, 7) is -1.30. The van der Waals surface area contributed by atoms with Crippen LogP contribution in [0.3, 0.4) is 0 Å². The zero-order chi connectivity index (χ0) is 19.4. The molecule has 1 aliphatic rings. The topological polar surface area (TPSA) is 76.7 Å². The first kappa shape index (κ1) is 19.4. The van der Waals surface area contributed by atoms with Crippen molar-refractivity contribution in [1.29, 1.82) is 0 Å². The second-order valence-corrected chi connectivity index (χ2v) is 7.78. The fourth-order valence-corrected chi connectivity index (χ4v) is 4.13. The van der Waals surface area contributed by atoms with Gasteiger partial charge in [-0.25, -0.2) is 8.42 Å². The van der Waals surface area contributed by atoms with Crippen molar-refractivity contribution in [3.63, 3.8) is 0 Å². The van der Waals surface area contributed by atoms with Gasteiger partial charge in [-0.05, 0) is 61.0 Å². The van der Waals surface area contributed by atoms with Crippen molar-refractivity contribution in [2.45, 2.75) is 23.8 Å². The van der Waals surface area contributed by atoms with Gasteiger partial charge in [-0.2, -0.15) is 8.78 Å². The fraction of sp³-hybridized carbons (Fsp3) is 0.333. The number of hydrogen-bond acceptors (Lipinski definition) is 5. The van der Waals surface area contributed by atoms with Crippen LogP contribution >= 0.6 is 0 Å². The summed E-state index contributed by atoms with van der Waals surface area (Å²) in [6, 6.07) is 10.00. The summed E-state index contributed by atoms with van der Waals surface area (Å²) in [5.74, 6) is 0.783. The summed E-state index contributed by atoms with van der Waals surface area (Å²) >= 11 is 0. The number of nitrogens with one attached hydrogen (secondary N) is 2. The Morgan fingerprint density at radius 2 is 1.93 bits per heavy atom. The summed E-state index contributed by atoms with van der Waals surface area (Å²) in [6.07, 6.45) is 0.902. The third kappa shape index (κ3) is 4.67. The second-order valence-electron chi connectivity index (χ2n) is 6.10. The number of anilines is 1. The van der Waals surface area contributed by atoms with E-state index in [0.717, 1.165) is 25.1 Å². The van der Waals surface area contributed by atoms with Gasteiger partial charge in [0.05, 0.1) is 12.0 Å². The number of halogens is 2. The molecular formula is C18H20F2N2O4S. The molecular weight excluding hydrogens is 378 g/mol. The average Bonchev–Trinajstić information content (AvgIpc) is 3.16. The standard InChI is InChI=1S/C18H20F2N2O4S/c1-25-17-7-6-15(10-16(17)12-8-9-21-11-12)27(23,24)22-13-2-4-14(5-3-13)26-18(19)20/h2-7,10,12,18,21-22H,8-9,11H2,1H3. The highest BCUT2D eigenvalue weighted by Crippen LogP contribution is 2.33. The minimum atomic E-state index is -3.84. The lowest BCUT2D eigenvalue weighted by molar-refractivity contribution is -0.0498. The molecule has 2 N–H and O–H groups in total. The third-order valence-corrected chi connectivity index (χ3v) is 5.72. The Kier molecular flexibility index (Phi) is 5.81. The lowest BCUT2D eigenvalue weighted by Crippen LogP contribution is -2.14. The Hall–Kier alpha value is -2.39. The average molecular weight is 398 g/mol. The van der Waals surface area contributed by atoms with Crippen LogP contribution in [0.25, 0.3) is 0 Å². The van der Waals surface area contributed by atoms with E-state index in [1.807, 2.05) is 0 Å². The van der Waals surface area contributed by atoms with Gasteiger partial charge >= 0.3 is 6.61 Å². The number of sulfonamides is 1. The second kappa shape index (κ2) is 8.10. The van der Waals surface area contributed by atoms with E-state index in [-0.39, 0.29) is 22.3 Å². The number of rotatable bonds is 7. The molecule has 2 aromatic carbocycles. The third-order valence-electron chi connectivity index (χ3n) is 4.34. The lowest BCUT2D eigenvalue weighted by atomic mass is 9.97. The van der Waals surface area contributed by atoms with Crippen LogP contribution in [0.5, 0.6) is 11.5 Å². The highest BCUT2D eigenvalue weighted by molar-refractivity contribution is 7.92. The molecule has 2 aromatic rings. The Labute approximate surface area is 156 Å². The number of ether oxygens (including phenoxy) is 2. The smallest absolute Gasteiger partial charge is 0.387 e. The number of hydrogen-bond donors (Lipinski definition) is 2. The summed E-state index contributed by atoms with van der Waals surface area (Å²) in [5, 5.41) is 3.25. The van der Waals surface area contributed by atoms with Crippen LogP contribution in [-0.4, -0.2) is 35.2 Å². The molecule has 1 heterocycles. The molecule has 1 fully saturated rings. The first-order chi connectivity index (χ1) is 12.9. The summed E-state index contributed by atoms with van der Waals surface area (Å²) in [4.78, 5) is 0.109. The lowest BCUT2D eigenvalue weighted by Gasteiger charge is -2.16. The molecule has 0 radical (unpaired) electrons. The van der Waals surface area contributed by atoms with Crippen molar-refractivity contribution >= 4 is 15.7 Å². The van der Waals surface area contributed by atoms with E-state index in [0.29, 0.717) is 5.75 Å². The number of methoxy groups -OCH3 is 1. The molecule has 1 atom stereocenters. The molecule has 0 saturated carbocycles. The van der Waals surface area contributed by atoms with Crippen LogP contribution in [0.2, 0.25) is 0 Å². The zero-order valence-corrected chi connectivity index (χ0v) is 15.4. The van der Waals surface area contributed by atoms with Crippen molar-refractivity contribution in [2.24, 2.45) is 0 Å². The molecule has 1 unspecified atom stereocenters. The van der Waals surface area contributed by atoms with Gasteiger partial charge in [-0.3, -0.25) is 4.72 Å². The van der Waals surface area contributed by atoms with Gasteiger partial charge in [-0.15, -0.1) is 0 Å². The Balaban J connectivity index is 1.83. The fourth-order valence-electron chi connectivity index (χ4n) is 3.04. The first-order valence-corrected chi connectivity index (χ1v) is 9.84. The molecule has 9 heteroatoms. The van der Waals surface area contributed by atoms with Crippen LogP contribution in [0, 0.1) is 0 Å². The van der Waals surface area contributed by atoms with Gasteiger partial charge in [0, 0.05) is 18.2 Å². The van der Waals surface area contributed by atoms with Crippen LogP contribution < -0.4 is 19.5 Å². The van der Waals surface area contributed by atoms with Crippen molar-refractivity contribution < 1.29 is 26.7 Å². The van der Waals surface area contributed by atoms with Crippen molar-refractivity contribution in [3.8, 4) is 11.5 Å². The first-order valence-electron chi connectivity index (χ1n) is 8.35. The number of benzene rings is 2. The predicted molar refractivity (Wildman–Crippen MR) is 97.1 cm³/mol. The van der Waals surface area contributed by atoms with Gasteiger partial charge in [-0.1, -0.05) is 0 Å². The van der Waals surface area contributed by atoms with Gasteiger partial charge in [0.25, 0.3) is 10.0 Å². The Bertz CT molecular complexity index is 883. The van der Waals surface area contributed by atoms with E-state index in [1.165, 1.54) is 30.3 Å². The highest BCUT2D eigenvalue weighted by atomic mass is 32.2. The summed E-state index contributed by atoms with van der Waals surface area (Å²) < 4.78 is 61.9. The maximum Gasteiger partial charge on any atom is 0.387 e. The van der Waals surface area contributed by atoms with Gasteiger partial charge in [0.1, 0.15) is 11.5 Å². The summed E-state index contributed by atoms with van der Waals surface area (Å²) in [5.41, 5.74) is 1.09. The molecule has 3 rings (SSSR count). The molecule has 1 aliphatic heterocycles. The van der Waals surface area contributed by atoms with E-state index in [2.05, 4.69) is 14.8 Å². The molecule has 146 valence electrons. The zero-order valence-electron chi connectivity index (χ0n) is 14.6. The molecule has 0 aliphatic carbocycles. The Morgan fingerprint density at radius 3 is 2.52 bits per heavy atom. The maximum atomic E-state index is 12.7. The van der Waals surface area contributed by atoms with Crippen molar-refractivity contribution in [1.82, 2.24) is 5.32 Å². The van der Waals surface area contributed by atoms with Crippen LogP contribution in [0.4, 0.5) is 14.5 Å². The summed E-state index contributed by atoms with van der Waals surface area (Å²) in [7, 11) is -2.29. The molecule has 0 bridgehead atoms. The monoisotopic (exact) mass is 398 g/mol. The SMILES string of the molecule is COc1ccc(S(=O)(=O)Nc2ccc(OC(F)F)cc2)cc1C1CCNC1. The molecule has 0 amide bonds. The van der Waals surface area contributed by atoms with E-state index in [4.69, 9.17) is 4.74 Å². The molecule has 27 heavy (non-hydrogen) atoms. The van der Waals surface area contributed by atoms with E-state index in [1.54, 1.807) is 19.2 Å². The van der Waals surface area contributed by atoms with Crippen LogP contribution in [0.1, 0.15) is 17.9 Å². The van der Waals surface area contributed by atoms with E-state index in [9.17, 15) is 17.2 Å². The molecule has 1 saturated heterocycles. The quantitative estimate of drug-likeness (QED) is 0.749. The normalized spacial score (nSPS) is 17.1. The molecule has 0 spiro atoms. The molecule has 6 nitrogen and oxygen atoms in total. The predicted octanol–water partition coefficient (Wildman–Crippen LogP) is 3.17. The molecule has 0 aromatic heterocycles. The van der Waals surface area contributed by atoms with E-state index >= 15 is 0 Å². The largest absolute Gasteiger partial charge is 0.496 e. The minimum absolute atomic E-state index is 0.0478. The van der Waals surface area contributed by atoms with Crippen molar-refractivity contribution in [2.75, 3.05) is 24.9 Å². The highest BCUT2D eigenvalue weighted by Gasteiger charge is 2.23. The van der Waals surface area contributed by atoms with Crippen molar-refractivity contribution in [3.05, 3.63) is 48.0 Å². The van der Waals surface area contributed by atoms with Crippen LogP contribution in [0.15, 0.2) is 47.4 Å². The van der Waals surface area contributed by atoms with Gasteiger partial charge in [0.2, 0.25) is 0 Å². The number of alkyl halides is 2. The Morgan fingerprint density at radius 1 is 1.19 bits per heavy atom. The van der Waals surface area contributed by atoms with Crippen LogP contribution in [-0.2, 0) is 10.0 Å².